The van der Waals surface area contributed by atoms with E-state index in [0.717, 1.165) is 10.5 Å². The topological polar surface area (TPSA) is 75.5 Å². The molecule has 2 aromatic carbocycles. The van der Waals surface area contributed by atoms with Crippen molar-refractivity contribution in [2.24, 2.45) is 0 Å². The average molecular weight is 359 g/mol. The van der Waals surface area contributed by atoms with Gasteiger partial charge in [0, 0.05) is 23.6 Å². The summed E-state index contributed by atoms with van der Waals surface area (Å²) in [5.74, 6) is 0.188. The van der Waals surface area contributed by atoms with Crippen LogP contribution in [0.3, 0.4) is 0 Å². The zero-order valence-electron chi connectivity index (χ0n) is 14.2. The highest BCUT2D eigenvalue weighted by atomic mass is 32.2. The Morgan fingerprint density at radius 2 is 1.80 bits per heavy atom. The molecular formula is C18H21N3O3S. The maximum atomic E-state index is 12.3. The Hall–Kier alpha value is -2.38. The van der Waals surface area contributed by atoms with Gasteiger partial charge in [-0.15, -0.1) is 11.8 Å². The van der Waals surface area contributed by atoms with Gasteiger partial charge in [0.05, 0.1) is 16.7 Å². The van der Waals surface area contributed by atoms with E-state index in [0.29, 0.717) is 6.54 Å². The molecular weight excluding hydrogens is 338 g/mol. The third-order valence-electron chi connectivity index (χ3n) is 3.50. The largest absolute Gasteiger partial charge is 0.347 e. The Bertz CT molecular complexity index is 705. The number of non-ortho nitro benzene ring substituents is 1. The predicted molar refractivity (Wildman–Crippen MR) is 99.7 cm³/mol. The van der Waals surface area contributed by atoms with Gasteiger partial charge in [-0.25, -0.2) is 0 Å². The number of carbonyl (C=O) groups excluding carboxylic acids is 1. The molecule has 1 N–H and O–H groups in total. The maximum absolute atomic E-state index is 12.3. The first-order valence-corrected chi connectivity index (χ1v) is 8.80. The molecule has 0 aliphatic heterocycles. The second-order valence-electron chi connectivity index (χ2n) is 5.83. The Morgan fingerprint density at radius 3 is 2.36 bits per heavy atom. The number of nitro benzene ring substituents is 1. The quantitative estimate of drug-likeness (QED) is 0.445. The second-order valence-corrected chi connectivity index (χ2v) is 6.88. The highest BCUT2D eigenvalue weighted by Crippen LogP contribution is 2.21. The Morgan fingerprint density at radius 1 is 1.16 bits per heavy atom. The van der Waals surface area contributed by atoms with Crippen molar-refractivity contribution >= 4 is 23.4 Å². The van der Waals surface area contributed by atoms with Crippen LogP contribution in [0.25, 0.3) is 0 Å². The van der Waals surface area contributed by atoms with Crippen LogP contribution < -0.4 is 5.32 Å². The second kappa shape index (κ2) is 9.19. The maximum Gasteiger partial charge on any atom is 0.269 e. The third kappa shape index (κ3) is 6.21. The summed E-state index contributed by atoms with van der Waals surface area (Å²) < 4.78 is 0. The van der Waals surface area contributed by atoms with E-state index in [1.165, 1.54) is 23.9 Å². The first-order chi connectivity index (χ1) is 12.0. The summed E-state index contributed by atoms with van der Waals surface area (Å²) in [6, 6.07) is 16.0. The SMILES string of the molecule is CN(C)C[C@H](NC(=O)CSc1ccc([N+](=O)[O-])cc1)c1ccccc1. The number of nitrogens with zero attached hydrogens (tertiary/aromatic N) is 2. The van der Waals surface area contributed by atoms with Crippen LogP contribution in [-0.4, -0.2) is 42.1 Å². The number of thioether (sulfide) groups is 1. The van der Waals surface area contributed by atoms with Gasteiger partial charge in [0.2, 0.25) is 5.91 Å². The minimum Gasteiger partial charge on any atom is -0.347 e. The minimum atomic E-state index is -0.438. The van der Waals surface area contributed by atoms with Gasteiger partial charge in [-0.3, -0.25) is 14.9 Å². The van der Waals surface area contributed by atoms with Crippen molar-refractivity contribution in [2.75, 3.05) is 26.4 Å². The Kier molecular flexibility index (Phi) is 6.97. The van der Waals surface area contributed by atoms with E-state index in [9.17, 15) is 14.9 Å². The van der Waals surface area contributed by atoms with Crippen LogP contribution in [0, 0.1) is 10.1 Å². The minimum absolute atomic E-state index is 0.0453. The summed E-state index contributed by atoms with van der Waals surface area (Å²) >= 11 is 1.36. The monoisotopic (exact) mass is 359 g/mol. The number of benzene rings is 2. The average Bonchev–Trinajstić information content (AvgIpc) is 2.60. The highest BCUT2D eigenvalue weighted by Gasteiger charge is 2.15. The van der Waals surface area contributed by atoms with E-state index in [4.69, 9.17) is 0 Å². The zero-order chi connectivity index (χ0) is 18.2. The van der Waals surface area contributed by atoms with Gasteiger partial charge < -0.3 is 10.2 Å². The molecule has 0 aliphatic rings. The fourth-order valence-electron chi connectivity index (χ4n) is 2.33. The smallest absolute Gasteiger partial charge is 0.269 e. The van der Waals surface area contributed by atoms with Crippen molar-refractivity contribution in [3.8, 4) is 0 Å². The molecule has 1 atom stereocenters. The van der Waals surface area contributed by atoms with Crippen LogP contribution in [0.4, 0.5) is 5.69 Å². The van der Waals surface area contributed by atoms with E-state index in [2.05, 4.69) is 5.32 Å². The third-order valence-corrected chi connectivity index (χ3v) is 4.51. The van der Waals surface area contributed by atoms with Crippen LogP contribution in [-0.2, 0) is 4.79 Å². The van der Waals surface area contributed by atoms with Crippen LogP contribution >= 0.6 is 11.8 Å². The first-order valence-electron chi connectivity index (χ1n) is 7.82. The molecule has 0 fully saturated rings. The molecule has 1 amide bonds. The molecule has 7 heteroatoms. The van der Waals surface area contributed by atoms with E-state index in [-0.39, 0.29) is 23.4 Å². The summed E-state index contributed by atoms with van der Waals surface area (Å²) in [4.78, 5) is 25.4. The number of amides is 1. The number of carbonyl (C=O) groups is 1. The van der Waals surface area contributed by atoms with E-state index in [1.54, 1.807) is 12.1 Å². The Balaban J connectivity index is 1.93. The lowest BCUT2D eigenvalue weighted by atomic mass is 10.1. The standard InChI is InChI=1S/C18H21N3O3S/c1-20(2)12-17(14-6-4-3-5-7-14)19-18(22)13-25-16-10-8-15(9-11-16)21(23)24/h3-11,17H,12-13H2,1-2H3,(H,19,22)/t17-/m0/s1. The van der Waals surface area contributed by atoms with Gasteiger partial charge in [-0.2, -0.15) is 0 Å². The molecule has 2 aromatic rings. The number of hydrogen-bond donors (Lipinski definition) is 1. The molecule has 0 heterocycles. The summed E-state index contributed by atoms with van der Waals surface area (Å²) in [6.07, 6.45) is 0. The molecule has 0 saturated carbocycles. The van der Waals surface area contributed by atoms with E-state index < -0.39 is 4.92 Å². The van der Waals surface area contributed by atoms with Gasteiger partial charge in [0.1, 0.15) is 0 Å². The van der Waals surface area contributed by atoms with Gasteiger partial charge in [-0.05, 0) is 31.8 Å². The molecule has 0 saturated heterocycles. The lowest BCUT2D eigenvalue weighted by Crippen LogP contribution is -2.36. The number of likely N-dealkylation sites (N-methyl/N-ethyl adjacent to an activating group) is 1. The lowest BCUT2D eigenvalue weighted by Gasteiger charge is -2.22. The van der Waals surface area contributed by atoms with E-state index >= 15 is 0 Å². The number of nitrogens with one attached hydrogen (secondary N) is 1. The van der Waals surface area contributed by atoms with Crippen molar-refractivity contribution < 1.29 is 9.72 Å². The van der Waals surface area contributed by atoms with Crippen molar-refractivity contribution in [2.45, 2.75) is 10.9 Å². The van der Waals surface area contributed by atoms with Crippen molar-refractivity contribution in [1.82, 2.24) is 10.2 Å². The van der Waals surface area contributed by atoms with Crippen molar-refractivity contribution in [3.05, 3.63) is 70.3 Å². The van der Waals surface area contributed by atoms with Crippen LogP contribution in [0.2, 0.25) is 0 Å². The molecule has 6 nitrogen and oxygen atoms in total. The Labute approximate surface area is 151 Å². The lowest BCUT2D eigenvalue weighted by molar-refractivity contribution is -0.384. The van der Waals surface area contributed by atoms with Gasteiger partial charge in [0.25, 0.3) is 5.69 Å². The molecule has 0 radical (unpaired) electrons. The van der Waals surface area contributed by atoms with E-state index in [1.807, 2.05) is 49.3 Å². The summed E-state index contributed by atoms with van der Waals surface area (Å²) in [6.45, 7) is 0.706. The molecule has 0 bridgehead atoms. The van der Waals surface area contributed by atoms with Crippen molar-refractivity contribution in [1.29, 1.82) is 0 Å². The van der Waals surface area contributed by atoms with Gasteiger partial charge in [0.15, 0.2) is 0 Å². The summed E-state index contributed by atoms with van der Waals surface area (Å²) in [5, 5.41) is 13.7. The molecule has 132 valence electrons. The summed E-state index contributed by atoms with van der Waals surface area (Å²) in [7, 11) is 3.93. The predicted octanol–water partition coefficient (Wildman–Crippen LogP) is 3.11. The van der Waals surface area contributed by atoms with Gasteiger partial charge in [-0.1, -0.05) is 30.3 Å². The number of hydrogen-bond acceptors (Lipinski definition) is 5. The molecule has 0 unspecified atom stereocenters. The fourth-order valence-corrected chi connectivity index (χ4v) is 3.04. The van der Waals surface area contributed by atoms with Crippen LogP contribution in [0.5, 0.6) is 0 Å². The molecule has 25 heavy (non-hydrogen) atoms. The van der Waals surface area contributed by atoms with Crippen LogP contribution in [0.1, 0.15) is 11.6 Å². The fraction of sp³-hybridized carbons (Fsp3) is 0.278. The highest BCUT2D eigenvalue weighted by molar-refractivity contribution is 8.00. The number of nitro groups is 1. The normalized spacial score (nSPS) is 12.0. The molecule has 0 spiro atoms. The van der Waals surface area contributed by atoms with Crippen LogP contribution in [0.15, 0.2) is 59.5 Å². The molecule has 0 aromatic heterocycles. The molecule has 2 rings (SSSR count). The number of rotatable bonds is 8. The first kappa shape index (κ1) is 19.0. The zero-order valence-corrected chi connectivity index (χ0v) is 15.0. The molecule has 0 aliphatic carbocycles. The summed E-state index contributed by atoms with van der Waals surface area (Å²) in [5.41, 5.74) is 1.11. The van der Waals surface area contributed by atoms with Gasteiger partial charge >= 0.3 is 0 Å². The van der Waals surface area contributed by atoms with Crippen molar-refractivity contribution in [3.63, 3.8) is 0 Å².